The van der Waals surface area contributed by atoms with Crippen LogP contribution < -0.4 is 14.1 Å². The molecular formula is C19H15BiO4S. The van der Waals surface area contributed by atoms with Gasteiger partial charge >= 0.3 is 156 Å². The van der Waals surface area contributed by atoms with Crippen LogP contribution in [0.2, 0.25) is 0 Å². The summed E-state index contributed by atoms with van der Waals surface area (Å²) in [5.41, 5.74) is 0. The Balaban J connectivity index is 1.85. The Hall–Kier alpha value is -1.91. The number of hydrogen-bond acceptors (Lipinski definition) is 4. The Morgan fingerprint density at radius 1 is 0.720 bits per heavy atom. The molecule has 0 N–H and O–H groups in total. The van der Waals surface area contributed by atoms with E-state index < -0.39 is 32.0 Å². The van der Waals surface area contributed by atoms with E-state index in [1.807, 2.05) is 48.5 Å². The van der Waals surface area contributed by atoms with Crippen LogP contribution in [0.1, 0.15) is 0 Å². The van der Waals surface area contributed by atoms with Crippen LogP contribution in [0, 0.1) is 0 Å². The Morgan fingerprint density at radius 2 is 1.20 bits per heavy atom. The van der Waals surface area contributed by atoms with Crippen molar-refractivity contribution in [1.82, 2.24) is 0 Å². The van der Waals surface area contributed by atoms with Gasteiger partial charge in [-0.15, -0.1) is 0 Å². The zero-order chi connectivity index (χ0) is 17.4. The molecule has 0 aromatic heterocycles. The summed E-state index contributed by atoms with van der Waals surface area (Å²) in [5, 5.41) is 0. The quantitative estimate of drug-likeness (QED) is 0.471. The fourth-order valence-corrected chi connectivity index (χ4v) is 15.4. The Kier molecular flexibility index (Phi) is 4.26. The van der Waals surface area contributed by atoms with Crippen molar-refractivity contribution in [3.05, 3.63) is 72.8 Å². The van der Waals surface area contributed by atoms with Crippen LogP contribution in [0.3, 0.4) is 0 Å². The first kappa shape index (κ1) is 16.6. The van der Waals surface area contributed by atoms with Crippen molar-refractivity contribution < 1.29 is 16.0 Å². The predicted molar refractivity (Wildman–Crippen MR) is 97.0 cm³/mol. The summed E-state index contributed by atoms with van der Waals surface area (Å²) in [6.45, 7) is 0. The molecule has 0 unspecified atom stereocenters. The second-order valence-electron chi connectivity index (χ2n) is 5.50. The third-order valence-electron chi connectivity index (χ3n) is 4.00. The van der Waals surface area contributed by atoms with Crippen molar-refractivity contribution in [2.24, 2.45) is 0 Å². The van der Waals surface area contributed by atoms with Gasteiger partial charge in [-0.2, -0.15) is 0 Å². The summed E-state index contributed by atoms with van der Waals surface area (Å²) in [4.78, 5) is 0.778. The van der Waals surface area contributed by atoms with Gasteiger partial charge in [0.05, 0.1) is 0 Å². The van der Waals surface area contributed by atoms with E-state index in [0.717, 1.165) is 18.0 Å². The molecule has 1 aliphatic rings. The van der Waals surface area contributed by atoms with Gasteiger partial charge in [0.1, 0.15) is 0 Å². The topological polar surface area (TPSA) is 52.6 Å². The first-order valence-corrected chi connectivity index (χ1v) is 14.0. The molecule has 25 heavy (non-hydrogen) atoms. The molecule has 1 heterocycles. The van der Waals surface area contributed by atoms with Crippen molar-refractivity contribution >= 4 is 38.6 Å². The standard InChI is InChI=1S/C12H8O2S.C7H8O2.Bi/c13-15(14,11-7-3-1-4-8-11)12-9-5-2-6-10-12;1-9-7-4-2-6(8)3-5-7;/h1-7,9H;2-5,8H,1H3;/q;;+1/p-1. The number of ether oxygens (including phenoxy) is 1. The Morgan fingerprint density at radius 3 is 1.72 bits per heavy atom. The van der Waals surface area contributed by atoms with Gasteiger partial charge in [0.15, 0.2) is 0 Å². The molecule has 3 aromatic carbocycles. The average molecular weight is 548 g/mol. The molecule has 0 bridgehead atoms. The maximum atomic E-state index is 12.9. The van der Waals surface area contributed by atoms with E-state index in [1.54, 1.807) is 31.4 Å². The second kappa shape index (κ2) is 6.43. The normalized spacial score (nSPS) is 15.1. The third-order valence-corrected chi connectivity index (χ3v) is 15.1. The average Bonchev–Trinajstić information content (AvgIpc) is 2.66. The molecule has 0 saturated heterocycles. The van der Waals surface area contributed by atoms with Crippen LogP contribution in [0.5, 0.6) is 11.5 Å². The van der Waals surface area contributed by atoms with Crippen molar-refractivity contribution in [2.45, 2.75) is 9.79 Å². The van der Waals surface area contributed by atoms with Gasteiger partial charge in [-0.1, -0.05) is 0 Å². The summed E-state index contributed by atoms with van der Waals surface area (Å²) >= 11 is -2.96. The molecule has 0 atom stereocenters. The van der Waals surface area contributed by atoms with Crippen molar-refractivity contribution in [3.8, 4) is 11.5 Å². The molecule has 0 fully saturated rings. The molecule has 3 aromatic rings. The van der Waals surface area contributed by atoms with Crippen molar-refractivity contribution in [3.63, 3.8) is 0 Å². The van der Waals surface area contributed by atoms with Gasteiger partial charge < -0.3 is 0 Å². The SMILES string of the molecule is COc1ccc([O][Bi]2[c]3ccccc3S(=O)(=O)c3cccc[c]32)cc1. The van der Waals surface area contributed by atoms with E-state index in [9.17, 15) is 8.42 Å². The van der Waals surface area contributed by atoms with E-state index in [-0.39, 0.29) is 0 Å². The van der Waals surface area contributed by atoms with Crippen LogP contribution in [0.4, 0.5) is 0 Å². The van der Waals surface area contributed by atoms with E-state index in [4.69, 9.17) is 7.55 Å². The van der Waals surface area contributed by atoms with Crippen LogP contribution in [0.15, 0.2) is 82.6 Å². The van der Waals surface area contributed by atoms with Crippen molar-refractivity contribution in [1.29, 1.82) is 0 Å². The summed E-state index contributed by atoms with van der Waals surface area (Å²) in [5.74, 6) is 1.50. The predicted octanol–water partition coefficient (Wildman–Crippen LogP) is 2.03. The Bertz CT molecular complexity index is 976. The molecule has 0 spiro atoms. The molecule has 0 saturated carbocycles. The number of sulfone groups is 1. The van der Waals surface area contributed by atoms with Gasteiger partial charge in [-0.3, -0.25) is 0 Å². The zero-order valence-corrected chi connectivity index (χ0v) is 17.7. The summed E-state index contributed by atoms with van der Waals surface area (Å²) in [7, 11) is -1.87. The molecule has 0 aliphatic carbocycles. The van der Waals surface area contributed by atoms with Crippen LogP contribution in [-0.4, -0.2) is 37.7 Å². The van der Waals surface area contributed by atoms with Gasteiger partial charge in [0.25, 0.3) is 0 Å². The number of hydrogen-bond donors (Lipinski definition) is 0. The molecule has 0 amide bonds. The molecule has 4 rings (SSSR count). The van der Waals surface area contributed by atoms with Crippen LogP contribution >= 0.6 is 0 Å². The minimum atomic E-state index is -3.49. The van der Waals surface area contributed by atoms with Crippen molar-refractivity contribution in [2.75, 3.05) is 7.11 Å². The van der Waals surface area contributed by atoms with Gasteiger partial charge in [0, 0.05) is 0 Å². The third kappa shape index (κ3) is 2.83. The fourth-order valence-electron chi connectivity index (χ4n) is 2.79. The van der Waals surface area contributed by atoms with E-state index in [2.05, 4.69) is 0 Å². The van der Waals surface area contributed by atoms with Gasteiger partial charge in [0.2, 0.25) is 0 Å². The summed E-state index contributed by atoms with van der Waals surface area (Å²) < 4.78 is 39.1. The number of methoxy groups -OCH3 is 1. The van der Waals surface area contributed by atoms with Crippen LogP contribution in [-0.2, 0) is 9.84 Å². The van der Waals surface area contributed by atoms with Gasteiger partial charge in [-0.25, -0.2) is 0 Å². The molecule has 0 radical (unpaired) electrons. The monoisotopic (exact) mass is 548 g/mol. The fraction of sp³-hybridized carbons (Fsp3) is 0.0526. The molecular weight excluding hydrogens is 533 g/mol. The summed E-state index contributed by atoms with van der Waals surface area (Å²) in [6.07, 6.45) is 0. The second-order valence-corrected chi connectivity index (χ2v) is 14.1. The molecule has 6 heteroatoms. The maximum absolute atomic E-state index is 12.9. The molecule has 4 nitrogen and oxygen atoms in total. The Labute approximate surface area is 155 Å². The van der Waals surface area contributed by atoms with E-state index in [0.29, 0.717) is 9.79 Å². The number of fused-ring (bicyclic) bond motifs is 2. The van der Waals surface area contributed by atoms with E-state index >= 15 is 0 Å². The van der Waals surface area contributed by atoms with Gasteiger partial charge in [-0.05, 0) is 0 Å². The zero-order valence-electron chi connectivity index (χ0n) is 13.4. The molecule has 126 valence electrons. The minimum absolute atomic E-state index is 0.389. The number of rotatable bonds is 3. The number of benzene rings is 3. The van der Waals surface area contributed by atoms with E-state index in [1.165, 1.54) is 0 Å². The van der Waals surface area contributed by atoms with Crippen LogP contribution in [0.25, 0.3) is 0 Å². The first-order chi connectivity index (χ1) is 12.1. The summed E-state index contributed by atoms with van der Waals surface area (Å²) in [6, 6.07) is 21.8. The first-order valence-electron chi connectivity index (χ1n) is 7.66. The molecule has 1 aliphatic heterocycles.